The van der Waals surface area contributed by atoms with E-state index in [1.807, 2.05) is 18.2 Å². The number of benzene rings is 1. The monoisotopic (exact) mass is 206 g/mol. The smallest absolute Gasteiger partial charge is 0.0362 e. The third kappa shape index (κ3) is 4.24. The lowest BCUT2D eigenvalue weighted by atomic mass is 10.0. The number of anilines is 2. The first-order chi connectivity index (χ1) is 7.11. The van der Waals surface area contributed by atoms with E-state index in [0.717, 1.165) is 17.3 Å². The van der Waals surface area contributed by atoms with Gasteiger partial charge in [-0.05, 0) is 37.5 Å². The van der Waals surface area contributed by atoms with Crippen molar-refractivity contribution in [1.29, 1.82) is 0 Å². The van der Waals surface area contributed by atoms with Crippen LogP contribution in [-0.2, 0) is 0 Å². The van der Waals surface area contributed by atoms with Crippen LogP contribution in [0.2, 0.25) is 0 Å². The second-order valence-corrected chi connectivity index (χ2v) is 4.42. The Morgan fingerprint density at radius 2 is 2.07 bits per heavy atom. The van der Waals surface area contributed by atoms with Crippen molar-refractivity contribution in [2.45, 2.75) is 39.7 Å². The largest absolute Gasteiger partial charge is 0.399 e. The molecule has 0 spiro atoms. The summed E-state index contributed by atoms with van der Waals surface area (Å²) in [5.41, 5.74) is 7.65. The van der Waals surface area contributed by atoms with Gasteiger partial charge in [0.2, 0.25) is 0 Å². The highest BCUT2D eigenvalue weighted by molar-refractivity contribution is 5.54. The fraction of sp³-hybridized carbons (Fsp3) is 0.538. The second kappa shape index (κ2) is 5.64. The van der Waals surface area contributed by atoms with Gasteiger partial charge in [0.05, 0.1) is 0 Å². The molecule has 1 aromatic carbocycles. The maximum absolute atomic E-state index is 5.72. The van der Waals surface area contributed by atoms with Crippen molar-refractivity contribution >= 4 is 11.4 Å². The topological polar surface area (TPSA) is 38.0 Å². The Hall–Kier alpha value is -1.18. The first-order valence-electron chi connectivity index (χ1n) is 5.74. The zero-order valence-electron chi connectivity index (χ0n) is 9.96. The van der Waals surface area contributed by atoms with Crippen molar-refractivity contribution in [3.05, 3.63) is 24.3 Å². The zero-order valence-corrected chi connectivity index (χ0v) is 9.96. The number of nitrogen functional groups attached to an aromatic ring is 1. The van der Waals surface area contributed by atoms with Gasteiger partial charge >= 0.3 is 0 Å². The number of nitrogens with one attached hydrogen (secondary N) is 1. The molecule has 2 nitrogen and oxygen atoms in total. The van der Waals surface area contributed by atoms with Crippen LogP contribution in [0.3, 0.4) is 0 Å². The van der Waals surface area contributed by atoms with Gasteiger partial charge in [-0.1, -0.05) is 26.3 Å². The van der Waals surface area contributed by atoms with Crippen molar-refractivity contribution in [3.8, 4) is 0 Å². The Morgan fingerprint density at radius 1 is 1.33 bits per heavy atom. The van der Waals surface area contributed by atoms with Crippen LogP contribution in [0.4, 0.5) is 11.4 Å². The van der Waals surface area contributed by atoms with Crippen LogP contribution in [0.15, 0.2) is 24.3 Å². The van der Waals surface area contributed by atoms with Gasteiger partial charge in [-0.3, -0.25) is 0 Å². The number of nitrogens with two attached hydrogens (primary N) is 1. The van der Waals surface area contributed by atoms with E-state index in [9.17, 15) is 0 Å². The Labute approximate surface area is 92.9 Å². The summed E-state index contributed by atoms with van der Waals surface area (Å²) in [6.45, 7) is 6.74. The molecule has 0 radical (unpaired) electrons. The quantitative estimate of drug-likeness (QED) is 0.723. The minimum atomic E-state index is 0.502. The third-order valence-corrected chi connectivity index (χ3v) is 2.75. The van der Waals surface area contributed by atoms with Gasteiger partial charge in [-0.15, -0.1) is 0 Å². The average molecular weight is 206 g/mol. The minimum Gasteiger partial charge on any atom is -0.399 e. The van der Waals surface area contributed by atoms with Crippen molar-refractivity contribution in [2.24, 2.45) is 5.92 Å². The fourth-order valence-electron chi connectivity index (χ4n) is 1.74. The second-order valence-electron chi connectivity index (χ2n) is 4.42. The van der Waals surface area contributed by atoms with Crippen LogP contribution in [0, 0.1) is 5.92 Å². The Kier molecular flexibility index (Phi) is 4.47. The molecule has 0 heterocycles. The maximum atomic E-state index is 5.72. The predicted octanol–water partition coefficient (Wildman–Crippen LogP) is 3.51. The number of hydrogen-bond acceptors (Lipinski definition) is 2. The molecule has 0 aliphatic carbocycles. The Morgan fingerprint density at radius 3 is 2.67 bits per heavy atom. The lowest BCUT2D eigenvalue weighted by molar-refractivity contribution is 0.484. The number of hydrogen-bond donors (Lipinski definition) is 2. The Balaban J connectivity index is 2.47. The summed E-state index contributed by atoms with van der Waals surface area (Å²) in [7, 11) is 0. The molecule has 0 aromatic heterocycles. The SMILES string of the molecule is CCC(C)CC(C)Nc1cccc(N)c1. The number of rotatable bonds is 5. The summed E-state index contributed by atoms with van der Waals surface area (Å²) in [5, 5.41) is 3.47. The van der Waals surface area contributed by atoms with Crippen molar-refractivity contribution in [1.82, 2.24) is 0 Å². The van der Waals surface area contributed by atoms with Crippen molar-refractivity contribution < 1.29 is 0 Å². The summed E-state index contributed by atoms with van der Waals surface area (Å²) in [6.07, 6.45) is 2.44. The zero-order chi connectivity index (χ0) is 11.3. The Bertz CT molecular complexity index is 296. The molecule has 0 aliphatic heterocycles. The van der Waals surface area contributed by atoms with Gasteiger partial charge in [-0.2, -0.15) is 0 Å². The lowest BCUT2D eigenvalue weighted by Crippen LogP contribution is -2.18. The molecule has 2 heteroatoms. The van der Waals surface area contributed by atoms with E-state index < -0.39 is 0 Å². The van der Waals surface area contributed by atoms with Crippen LogP contribution >= 0.6 is 0 Å². The van der Waals surface area contributed by atoms with Gasteiger partial charge in [-0.25, -0.2) is 0 Å². The lowest BCUT2D eigenvalue weighted by Gasteiger charge is -2.18. The summed E-state index contributed by atoms with van der Waals surface area (Å²) < 4.78 is 0. The normalized spacial score (nSPS) is 14.6. The summed E-state index contributed by atoms with van der Waals surface area (Å²) in [5.74, 6) is 0.772. The van der Waals surface area contributed by atoms with Crippen LogP contribution in [0.25, 0.3) is 0 Å². The molecule has 0 fully saturated rings. The minimum absolute atomic E-state index is 0.502. The van der Waals surface area contributed by atoms with E-state index in [-0.39, 0.29) is 0 Å². The molecule has 0 saturated heterocycles. The van der Waals surface area contributed by atoms with E-state index in [1.54, 1.807) is 0 Å². The highest BCUT2D eigenvalue weighted by Gasteiger charge is 2.06. The summed E-state index contributed by atoms with van der Waals surface area (Å²) in [4.78, 5) is 0. The van der Waals surface area contributed by atoms with Gasteiger partial charge < -0.3 is 11.1 Å². The van der Waals surface area contributed by atoms with Crippen molar-refractivity contribution in [2.75, 3.05) is 11.1 Å². The molecular weight excluding hydrogens is 184 g/mol. The molecule has 2 unspecified atom stereocenters. The van der Waals surface area contributed by atoms with Crippen LogP contribution in [-0.4, -0.2) is 6.04 Å². The van der Waals surface area contributed by atoms with Crippen LogP contribution < -0.4 is 11.1 Å². The van der Waals surface area contributed by atoms with Gasteiger partial charge in [0, 0.05) is 17.4 Å². The molecule has 1 aromatic rings. The average Bonchev–Trinajstić information content (AvgIpc) is 2.17. The molecular formula is C13H22N2. The van der Waals surface area contributed by atoms with E-state index >= 15 is 0 Å². The predicted molar refractivity (Wildman–Crippen MR) is 68.0 cm³/mol. The van der Waals surface area contributed by atoms with Gasteiger partial charge in [0.1, 0.15) is 0 Å². The molecule has 0 aliphatic rings. The highest BCUT2D eigenvalue weighted by atomic mass is 14.9. The van der Waals surface area contributed by atoms with Crippen LogP contribution in [0.5, 0.6) is 0 Å². The molecule has 84 valence electrons. The first kappa shape index (κ1) is 11.9. The highest BCUT2D eigenvalue weighted by Crippen LogP contribution is 2.16. The molecule has 15 heavy (non-hydrogen) atoms. The standard InChI is InChI=1S/C13H22N2/c1-4-10(2)8-11(3)15-13-7-5-6-12(14)9-13/h5-7,9-11,15H,4,8,14H2,1-3H3. The van der Waals surface area contributed by atoms with Crippen molar-refractivity contribution in [3.63, 3.8) is 0 Å². The molecule has 0 saturated carbocycles. The van der Waals surface area contributed by atoms with Gasteiger partial charge in [0.25, 0.3) is 0 Å². The molecule has 0 bridgehead atoms. The van der Waals surface area contributed by atoms with Gasteiger partial charge in [0.15, 0.2) is 0 Å². The summed E-state index contributed by atoms with van der Waals surface area (Å²) >= 11 is 0. The van der Waals surface area contributed by atoms with E-state index in [2.05, 4.69) is 32.2 Å². The van der Waals surface area contributed by atoms with E-state index in [4.69, 9.17) is 5.73 Å². The molecule has 2 atom stereocenters. The maximum Gasteiger partial charge on any atom is 0.0362 e. The fourth-order valence-corrected chi connectivity index (χ4v) is 1.74. The molecule has 3 N–H and O–H groups in total. The summed E-state index contributed by atoms with van der Waals surface area (Å²) in [6, 6.07) is 8.43. The van der Waals surface area contributed by atoms with Crippen LogP contribution in [0.1, 0.15) is 33.6 Å². The van der Waals surface area contributed by atoms with E-state index in [1.165, 1.54) is 12.8 Å². The van der Waals surface area contributed by atoms with E-state index in [0.29, 0.717) is 6.04 Å². The molecule has 0 amide bonds. The third-order valence-electron chi connectivity index (χ3n) is 2.75. The first-order valence-corrected chi connectivity index (χ1v) is 5.74. The molecule has 1 rings (SSSR count).